The molecular formula is C19H25F2N3O2S. The maximum atomic E-state index is 13.2. The van der Waals surface area contributed by atoms with E-state index in [9.17, 15) is 13.6 Å². The molecule has 1 saturated carbocycles. The summed E-state index contributed by atoms with van der Waals surface area (Å²) in [6, 6.07) is 0. The Labute approximate surface area is 161 Å². The number of hydrogen-bond acceptors (Lipinski definition) is 5. The molecule has 1 spiro atoms. The molecule has 2 saturated heterocycles. The van der Waals surface area contributed by atoms with Crippen LogP contribution in [0.5, 0.6) is 0 Å². The Hall–Kier alpha value is -1.28. The lowest BCUT2D eigenvalue weighted by atomic mass is 9.74. The summed E-state index contributed by atoms with van der Waals surface area (Å²) in [6.07, 6.45) is 3.55. The summed E-state index contributed by atoms with van der Waals surface area (Å²) >= 11 is 1.79. The highest BCUT2D eigenvalue weighted by Gasteiger charge is 2.52. The van der Waals surface area contributed by atoms with E-state index in [1.807, 2.05) is 4.90 Å². The van der Waals surface area contributed by atoms with Gasteiger partial charge in [-0.25, -0.2) is 13.8 Å². The molecule has 1 unspecified atom stereocenters. The average Bonchev–Trinajstić information content (AvgIpc) is 3.26. The van der Waals surface area contributed by atoms with E-state index in [1.165, 1.54) is 10.6 Å². The Bertz CT molecular complexity index is 741. The van der Waals surface area contributed by atoms with Crippen molar-refractivity contribution < 1.29 is 18.3 Å². The predicted octanol–water partition coefficient (Wildman–Crippen LogP) is 2.83. The molecule has 4 aliphatic rings. The van der Waals surface area contributed by atoms with Gasteiger partial charge in [0, 0.05) is 55.2 Å². The van der Waals surface area contributed by atoms with Crippen LogP contribution in [0.1, 0.15) is 42.7 Å². The molecule has 27 heavy (non-hydrogen) atoms. The third-order valence-corrected chi connectivity index (χ3v) is 7.81. The third-order valence-electron chi connectivity index (χ3n) is 6.63. The zero-order chi connectivity index (χ0) is 18.6. The van der Waals surface area contributed by atoms with Crippen molar-refractivity contribution in [1.82, 2.24) is 9.88 Å². The number of nitrogens with zero attached hydrogens (tertiary/aromatic N) is 3. The molecule has 3 heterocycles. The first-order valence-corrected chi connectivity index (χ1v) is 10.8. The number of likely N-dealkylation sites (tertiary alicyclic amines) is 1. The minimum absolute atomic E-state index is 0.0729. The largest absolute Gasteiger partial charge is 0.378 e. The van der Waals surface area contributed by atoms with Crippen molar-refractivity contribution in [3.63, 3.8) is 0 Å². The highest BCUT2D eigenvalue weighted by molar-refractivity contribution is 7.15. The van der Waals surface area contributed by atoms with Gasteiger partial charge in [0.1, 0.15) is 0 Å². The van der Waals surface area contributed by atoms with Crippen LogP contribution >= 0.6 is 11.3 Å². The van der Waals surface area contributed by atoms with Gasteiger partial charge in [0.25, 0.3) is 0 Å². The number of morpholine rings is 1. The van der Waals surface area contributed by atoms with Gasteiger partial charge in [-0.3, -0.25) is 4.79 Å². The molecule has 8 heteroatoms. The number of carbonyl (C=O) groups is 1. The first-order chi connectivity index (χ1) is 13.0. The lowest BCUT2D eigenvalue weighted by molar-refractivity contribution is -0.159. The maximum Gasteiger partial charge on any atom is 0.249 e. The van der Waals surface area contributed by atoms with E-state index in [0.717, 1.165) is 57.1 Å². The number of thiazole rings is 1. The number of hydrogen-bond donors (Lipinski definition) is 0. The molecule has 5 rings (SSSR count). The maximum absolute atomic E-state index is 13.2. The van der Waals surface area contributed by atoms with Gasteiger partial charge in [-0.1, -0.05) is 0 Å². The van der Waals surface area contributed by atoms with Gasteiger partial charge < -0.3 is 14.5 Å². The molecular weight excluding hydrogens is 372 g/mol. The van der Waals surface area contributed by atoms with Gasteiger partial charge in [-0.05, 0) is 25.7 Å². The quantitative estimate of drug-likeness (QED) is 0.770. The van der Waals surface area contributed by atoms with Crippen LogP contribution in [0, 0.1) is 5.92 Å². The standard InChI is InChI=1S/C19H25F2N3O2S/c20-19(21)10-13(11-19)16(25)24-5-4-18(12-24)3-1-2-14-15(18)22-17(27-14)23-6-8-26-9-7-23/h13H,1-12H2. The summed E-state index contributed by atoms with van der Waals surface area (Å²) in [5.74, 6) is -3.20. The molecule has 0 aromatic carbocycles. The van der Waals surface area contributed by atoms with Crippen LogP contribution in [-0.2, 0) is 21.4 Å². The molecule has 1 aromatic rings. The van der Waals surface area contributed by atoms with E-state index in [4.69, 9.17) is 9.72 Å². The molecule has 0 N–H and O–H groups in total. The van der Waals surface area contributed by atoms with Crippen molar-refractivity contribution in [2.45, 2.75) is 49.9 Å². The van der Waals surface area contributed by atoms with E-state index in [2.05, 4.69) is 4.90 Å². The van der Waals surface area contributed by atoms with Gasteiger partial charge in [0.05, 0.1) is 18.9 Å². The normalized spacial score (nSPS) is 30.4. The van der Waals surface area contributed by atoms with Crippen molar-refractivity contribution in [2.24, 2.45) is 5.92 Å². The minimum Gasteiger partial charge on any atom is -0.378 e. The van der Waals surface area contributed by atoms with Gasteiger partial charge in [-0.2, -0.15) is 0 Å². The number of rotatable bonds is 2. The number of halogens is 2. The summed E-state index contributed by atoms with van der Waals surface area (Å²) in [6.45, 7) is 4.55. The van der Waals surface area contributed by atoms with Crippen LogP contribution in [0.15, 0.2) is 0 Å². The second-order valence-electron chi connectivity index (χ2n) is 8.47. The fraction of sp³-hybridized carbons (Fsp3) is 0.789. The zero-order valence-electron chi connectivity index (χ0n) is 15.4. The molecule has 0 radical (unpaired) electrons. The first-order valence-electron chi connectivity index (χ1n) is 9.95. The van der Waals surface area contributed by atoms with Crippen LogP contribution in [0.4, 0.5) is 13.9 Å². The SMILES string of the molecule is O=C(C1CC(F)(F)C1)N1CCC2(CCCc3sc(N4CCOCC4)nc32)C1. The molecule has 2 aliphatic carbocycles. The summed E-state index contributed by atoms with van der Waals surface area (Å²) < 4.78 is 31.8. The van der Waals surface area contributed by atoms with Crippen LogP contribution < -0.4 is 4.90 Å². The fourth-order valence-electron chi connectivity index (χ4n) is 5.07. The van der Waals surface area contributed by atoms with Gasteiger partial charge in [0.15, 0.2) is 5.13 Å². The number of aromatic nitrogens is 1. The summed E-state index contributed by atoms with van der Waals surface area (Å²) in [5, 5.41) is 1.08. The van der Waals surface area contributed by atoms with Crippen molar-refractivity contribution in [3.05, 3.63) is 10.6 Å². The monoisotopic (exact) mass is 397 g/mol. The lowest BCUT2D eigenvalue weighted by Gasteiger charge is -2.37. The Balaban J connectivity index is 1.34. The van der Waals surface area contributed by atoms with Crippen LogP contribution in [0.2, 0.25) is 0 Å². The highest BCUT2D eigenvalue weighted by Crippen LogP contribution is 2.49. The van der Waals surface area contributed by atoms with E-state index < -0.39 is 11.8 Å². The Morgan fingerprint density at radius 2 is 1.96 bits per heavy atom. The molecule has 148 valence electrons. The van der Waals surface area contributed by atoms with E-state index in [-0.39, 0.29) is 24.2 Å². The number of alkyl halides is 2. The number of aryl methyl sites for hydroxylation is 1. The van der Waals surface area contributed by atoms with E-state index >= 15 is 0 Å². The van der Waals surface area contributed by atoms with Gasteiger partial charge in [0.2, 0.25) is 11.8 Å². The van der Waals surface area contributed by atoms with Gasteiger partial charge >= 0.3 is 0 Å². The number of carbonyl (C=O) groups excluding carboxylic acids is 1. The van der Waals surface area contributed by atoms with Crippen molar-refractivity contribution in [2.75, 3.05) is 44.3 Å². The molecule has 2 aliphatic heterocycles. The topological polar surface area (TPSA) is 45.7 Å². The highest BCUT2D eigenvalue weighted by atomic mass is 32.1. The molecule has 1 aromatic heterocycles. The third kappa shape index (κ3) is 3.05. The second kappa shape index (κ2) is 6.37. The van der Waals surface area contributed by atoms with Crippen molar-refractivity contribution in [3.8, 4) is 0 Å². The minimum atomic E-state index is -2.64. The number of fused-ring (bicyclic) bond motifs is 2. The molecule has 1 amide bonds. The molecule has 3 fully saturated rings. The number of ether oxygens (including phenoxy) is 1. The van der Waals surface area contributed by atoms with E-state index in [1.54, 1.807) is 11.3 Å². The van der Waals surface area contributed by atoms with Gasteiger partial charge in [-0.15, -0.1) is 11.3 Å². The number of anilines is 1. The predicted molar refractivity (Wildman–Crippen MR) is 98.6 cm³/mol. The average molecular weight is 397 g/mol. The summed E-state index contributed by atoms with van der Waals surface area (Å²) in [7, 11) is 0. The van der Waals surface area contributed by atoms with Crippen LogP contribution in [-0.4, -0.2) is 61.1 Å². The molecule has 0 bridgehead atoms. The Morgan fingerprint density at radius 3 is 2.70 bits per heavy atom. The first kappa shape index (κ1) is 17.8. The Morgan fingerprint density at radius 1 is 1.19 bits per heavy atom. The number of amides is 1. The fourth-order valence-corrected chi connectivity index (χ4v) is 6.34. The van der Waals surface area contributed by atoms with E-state index in [0.29, 0.717) is 13.1 Å². The smallest absolute Gasteiger partial charge is 0.249 e. The van der Waals surface area contributed by atoms with Crippen LogP contribution in [0.25, 0.3) is 0 Å². The summed E-state index contributed by atoms with van der Waals surface area (Å²) in [5.41, 5.74) is 1.10. The van der Waals surface area contributed by atoms with Crippen molar-refractivity contribution in [1.29, 1.82) is 0 Å². The lowest BCUT2D eigenvalue weighted by Crippen LogP contribution is -2.47. The molecule has 5 nitrogen and oxygen atoms in total. The van der Waals surface area contributed by atoms with Crippen molar-refractivity contribution >= 4 is 22.4 Å². The summed E-state index contributed by atoms with van der Waals surface area (Å²) in [4.78, 5) is 23.2. The Kier molecular flexibility index (Phi) is 4.20. The molecule has 1 atom stereocenters. The van der Waals surface area contributed by atoms with Crippen LogP contribution in [0.3, 0.4) is 0 Å². The second-order valence-corrected chi connectivity index (χ2v) is 9.53. The zero-order valence-corrected chi connectivity index (χ0v) is 16.2.